The number of aromatic hydroxyl groups is 1. The molecule has 0 radical (unpaired) electrons. The minimum atomic E-state index is -1.04. The lowest BCUT2D eigenvalue weighted by Crippen LogP contribution is -2.40. The summed E-state index contributed by atoms with van der Waals surface area (Å²) in [4.78, 5) is 22.6. The zero-order valence-electron chi connectivity index (χ0n) is 11.1. The number of rotatable bonds is 7. The molecule has 108 valence electrons. The number of benzene rings is 1. The lowest BCUT2D eigenvalue weighted by Gasteiger charge is -2.12. The average molecular weight is 295 g/mol. The van der Waals surface area contributed by atoms with Crippen LogP contribution in [0.15, 0.2) is 30.3 Å². The zero-order chi connectivity index (χ0) is 15.0. The van der Waals surface area contributed by atoms with Crippen LogP contribution >= 0.6 is 11.8 Å². The number of carbonyl (C=O) groups excluding carboxylic acids is 1. The number of phenols is 1. The van der Waals surface area contributed by atoms with Crippen LogP contribution in [0.4, 0.5) is 0 Å². The second-order valence-corrected chi connectivity index (χ2v) is 5.09. The van der Waals surface area contributed by atoms with Crippen LogP contribution in [0.5, 0.6) is 5.75 Å². The van der Waals surface area contributed by atoms with Crippen molar-refractivity contribution in [3.63, 3.8) is 0 Å². The van der Waals surface area contributed by atoms with E-state index in [0.717, 1.165) is 5.56 Å². The Morgan fingerprint density at radius 1 is 1.35 bits per heavy atom. The molecule has 1 rings (SSSR count). The fourth-order valence-corrected chi connectivity index (χ4v) is 1.94. The van der Waals surface area contributed by atoms with E-state index >= 15 is 0 Å². The minimum absolute atomic E-state index is 0.148. The Hall–Kier alpha value is -1.95. The van der Waals surface area contributed by atoms with Gasteiger partial charge in [-0.3, -0.25) is 4.79 Å². The summed E-state index contributed by atoms with van der Waals surface area (Å²) in [6.45, 7) is 0. The number of amides is 1. The molecule has 0 saturated carbocycles. The van der Waals surface area contributed by atoms with E-state index in [9.17, 15) is 9.59 Å². The molecule has 1 amide bonds. The molecule has 0 aliphatic heterocycles. The van der Waals surface area contributed by atoms with Gasteiger partial charge in [-0.25, -0.2) is 4.79 Å². The van der Waals surface area contributed by atoms with Crippen molar-refractivity contribution >= 4 is 29.7 Å². The van der Waals surface area contributed by atoms with E-state index in [1.807, 2.05) is 6.26 Å². The summed E-state index contributed by atoms with van der Waals surface area (Å²) in [7, 11) is 0. The second-order valence-electron chi connectivity index (χ2n) is 4.11. The van der Waals surface area contributed by atoms with Crippen molar-refractivity contribution < 1.29 is 19.8 Å². The van der Waals surface area contributed by atoms with Crippen molar-refractivity contribution in [1.29, 1.82) is 0 Å². The summed E-state index contributed by atoms with van der Waals surface area (Å²) in [5, 5.41) is 20.6. The van der Waals surface area contributed by atoms with Crippen LogP contribution in [0.2, 0.25) is 0 Å². The van der Waals surface area contributed by atoms with Gasteiger partial charge in [0.2, 0.25) is 5.91 Å². The van der Waals surface area contributed by atoms with Gasteiger partial charge in [0.25, 0.3) is 0 Å². The van der Waals surface area contributed by atoms with Gasteiger partial charge in [-0.1, -0.05) is 12.1 Å². The Bertz CT molecular complexity index is 484. The monoisotopic (exact) mass is 295 g/mol. The van der Waals surface area contributed by atoms with E-state index in [4.69, 9.17) is 10.2 Å². The lowest BCUT2D eigenvalue weighted by molar-refractivity contribution is -0.141. The predicted molar refractivity (Wildman–Crippen MR) is 79.7 cm³/mol. The third-order valence-electron chi connectivity index (χ3n) is 2.55. The number of carboxylic acids is 1. The maximum Gasteiger partial charge on any atom is 0.326 e. The van der Waals surface area contributed by atoms with Crippen LogP contribution in [0.25, 0.3) is 6.08 Å². The third kappa shape index (κ3) is 5.79. The molecule has 0 spiro atoms. The van der Waals surface area contributed by atoms with Gasteiger partial charge >= 0.3 is 5.97 Å². The highest BCUT2D eigenvalue weighted by Crippen LogP contribution is 2.10. The van der Waals surface area contributed by atoms with E-state index in [2.05, 4.69) is 5.32 Å². The lowest BCUT2D eigenvalue weighted by atomic mass is 10.2. The summed E-state index contributed by atoms with van der Waals surface area (Å²) in [5.74, 6) is -0.675. The van der Waals surface area contributed by atoms with Crippen molar-refractivity contribution in [2.24, 2.45) is 0 Å². The van der Waals surface area contributed by atoms with Gasteiger partial charge in [0.15, 0.2) is 0 Å². The predicted octanol–water partition coefficient (Wildman–Crippen LogP) is 1.73. The first-order valence-corrected chi connectivity index (χ1v) is 7.41. The van der Waals surface area contributed by atoms with Crippen molar-refractivity contribution in [2.75, 3.05) is 12.0 Å². The summed E-state index contributed by atoms with van der Waals surface area (Å²) < 4.78 is 0. The van der Waals surface area contributed by atoms with E-state index in [0.29, 0.717) is 12.2 Å². The summed E-state index contributed by atoms with van der Waals surface area (Å²) >= 11 is 1.53. The van der Waals surface area contributed by atoms with Crippen molar-refractivity contribution in [1.82, 2.24) is 5.32 Å². The van der Waals surface area contributed by atoms with Crippen LogP contribution in [-0.4, -0.2) is 40.1 Å². The molecule has 1 atom stereocenters. The van der Waals surface area contributed by atoms with Crippen LogP contribution in [-0.2, 0) is 9.59 Å². The topological polar surface area (TPSA) is 86.6 Å². The number of nitrogens with one attached hydrogen (secondary N) is 1. The number of thioether (sulfide) groups is 1. The maximum atomic E-state index is 11.6. The first-order chi connectivity index (χ1) is 9.52. The molecule has 6 heteroatoms. The minimum Gasteiger partial charge on any atom is -0.508 e. The van der Waals surface area contributed by atoms with E-state index < -0.39 is 17.9 Å². The number of hydrogen-bond acceptors (Lipinski definition) is 4. The summed E-state index contributed by atoms with van der Waals surface area (Å²) in [5.41, 5.74) is 0.744. The zero-order valence-corrected chi connectivity index (χ0v) is 11.9. The first-order valence-electron chi connectivity index (χ1n) is 6.02. The van der Waals surface area contributed by atoms with Gasteiger partial charge in [-0.2, -0.15) is 11.8 Å². The Morgan fingerprint density at radius 2 is 2.00 bits per heavy atom. The normalized spacial score (nSPS) is 12.2. The number of aliphatic carboxylic acids is 1. The molecule has 5 nitrogen and oxygen atoms in total. The van der Waals surface area contributed by atoms with Gasteiger partial charge < -0.3 is 15.5 Å². The Morgan fingerprint density at radius 3 is 2.55 bits per heavy atom. The van der Waals surface area contributed by atoms with E-state index in [1.54, 1.807) is 18.2 Å². The highest BCUT2D eigenvalue weighted by molar-refractivity contribution is 7.98. The molecule has 0 aromatic heterocycles. The molecule has 1 aromatic rings. The Labute approximate surface area is 121 Å². The van der Waals surface area contributed by atoms with Gasteiger partial charge in [0.1, 0.15) is 11.8 Å². The first kappa shape index (κ1) is 16.1. The van der Waals surface area contributed by atoms with Crippen molar-refractivity contribution in [3.8, 4) is 5.75 Å². The molecule has 1 aromatic carbocycles. The van der Waals surface area contributed by atoms with Crippen molar-refractivity contribution in [3.05, 3.63) is 35.9 Å². The third-order valence-corrected chi connectivity index (χ3v) is 3.19. The highest BCUT2D eigenvalue weighted by Gasteiger charge is 2.17. The fraction of sp³-hybridized carbons (Fsp3) is 0.286. The van der Waals surface area contributed by atoms with Gasteiger partial charge in [0, 0.05) is 6.08 Å². The largest absolute Gasteiger partial charge is 0.508 e. The number of phenolic OH excluding ortho intramolecular Hbond substituents is 1. The Kier molecular flexibility index (Phi) is 6.66. The molecule has 0 fully saturated rings. The molecule has 0 saturated heterocycles. The van der Waals surface area contributed by atoms with Gasteiger partial charge in [0.05, 0.1) is 0 Å². The molecular formula is C14H17NO4S. The van der Waals surface area contributed by atoms with Crippen LogP contribution in [0.3, 0.4) is 0 Å². The second kappa shape index (κ2) is 8.27. The van der Waals surface area contributed by atoms with E-state index in [-0.39, 0.29) is 5.75 Å². The molecule has 3 N–H and O–H groups in total. The molecule has 0 aliphatic carbocycles. The highest BCUT2D eigenvalue weighted by atomic mass is 32.2. The molecule has 0 bridgehead atoms. The maximum absolute atomic E-state index is 11.6. The number of hydrogen-bond donors (Lipinski definition) is 3. The van der Waals surface area contributed by atoms with Crippen LogP contribution < -0.4 is 5.32 Å². The van der Waals surface area contributed by atoms with E-state index in [1.165, 1.54) is 30.0 Å². The molecule has 1 unspecified atom stereocenters. The Balaban J connectivity index is 2.56. The fourth-order valence-electron chi connectivity index (χ4n) is 1.47. The quantitative estimate of drug-likeness (QED) is 0.667. The SMILES string of the molecule is CSCCC(NC(=O)/C=C/c1ccc(O)cc1)C(=O)O. The smallest absolute Gasteiger partial charge is 0.326 e. The summed E-state index contributed by atoms with van der Waals surface area (Å²) in [6, 6.07) is 5.45. The number of carbonyl (C=O) groups is 2. The van der Waals surface area contributed by atoms with Crippen molar-refractivity contribution in [2.45, 2.75) is 12.5 Å². The van der Waals surface area contributed by atoms with Gasteiger partial charge in [-0.15, -0.1) is 0 Å². The molecular weight excluding hydrogens is 278 g/mol. The van der Waals surface area contributed by atoms with Gasteiger partial charge in [-0.05, 0) is 42.2 Å². The number of carboxylic acid groups (broad SMARTS) is 1. The summed E-state index contributed by atoms with van der Waals surface area (Å²) in [6.07, 6.45) is 5.10. The molecule has 0 heterocycles. The molecule has 0 aliphatic rings. The molecule has 20 heavy (non-hydrogen) atoms. The average Bonchev–Trinajstić information content (AvgIpc) is 2.42. The van der Waals surface area contributed by atoms with Crippen LogP contribution in [0.1, 0.15) is 12.0 Å². The van der Waals surface area contributed by atoms with Crippen LogP contribution in [0, 0.1) is 0 Å². The standard InChI is InChI=1S/C14H17NO4S/c1-20-9-8-12(14(18)19)15-13(17)7-4-10-2-5-11(16)6-3-10/h2-7,12,16H,8-9H2,1H3,(H,15,17)(H,18,19)/b7-4+.